The molecule has 1 heterocycles. The summed E-state index contributed by atoms with van der Waals surface area (Å²) in [6.45, 7) is -2.11. The normalized spacial score (nSPS) is 11.9. The van der Waals surface area contributed by atoms with Crippen LogP contribution in [0.2, 0.25) is 5.02 Å². The maximum atomic E-state index is 14.0. The molecule has 2 aromatic carbocycles. The molecule has 212 valence electrons. The topological polar surface area (TPSA) is 105 Å². The molecule has 1 aromatic heterocycles. The Labute approximate surface area is 227 Å². The van der Waals surface area contributed by atoms with E-state index in [4.69, 9.17) is 26.0 Å². The molecule has 3 rings (SSSR count). The molecule has 0 saturated carbocycles. The number of rotatable bonds is 11. The number of aromatic nitrogens is 1. The molecule has 0 bridgehead atoms. The molecule has 0 radical (unpaired) electrons. The van der Waals surface area contributed by atoms with E-state index in [1.54, 1.807) is 6.07 Å². The van der Waals surface area contributed by atoms with Crippen LogP contribution in [0.25, 0.3) is 11.3 Å². The van der Waals surface area contributed by atoms with Crippen LogP contribution in [-0.2, 0) is 16.0 Å². The smallest absolute Gasteiger partial charge is 0.412 e. The van der Waals surface area contributed by atoms with Crippen LogP contribution in [0, 0.1) is 11.6 Å². The predicted molar refractivity (Wildman–Crippen MR) is 137 cm³/mol. The molecule has 0 saturated heterocycles. The average Bonchev–Trinajstić information content (AvgIpc) is 3.35. The van der Waals surface area contributed by atoms with Crippen molar-refractivity contribution >= 4 is 29.4 Å². The van der Waals surface area contributed by atoms with Crippen molar-refractivity contribution in [1.29, 1.82) is 0 Å². The summed E-state index contributed by atoms with van der Waals surface area (Å²) in [5.41, 5.74) is 0.733. The number of aliphatic hydroxyl groups excluding tert-OH is 1. The summed E-state index contributed by atoms with van der Waals surface area (Å²) in [6.07, 6.45) is -2.21. The first kappa shape index (κ1) is 31.6. The lowest BCUT2D eigenvalue weighted by molar-refractivity contribution is -0.136. The minimum Gasteiger partial charge on any atom is -0.447 e. The van der Waals surface area contributed by atoms with Crippen molar-refractivity contribution in [2.75, 3.05) is 25.6 Å². The van der Waals surface area contributed by atoms with Crippen molar-refractivity contribution in [3.63, 3.8) is 0 Å². The summed E-state index contributed by atoms with van der Waals surface area (Å²) >= 11 is 5.90. The van der Waals surface area contributed by atoms with Crippen molar-refractivity contribution in [3.8, 4) is 11.3 Å². The molecule has 0 aliphatic heterocycles. The van der Waals surface area contributed by atoms with Crippen LogP contribution in [0.1, 0.15) is 25.8 Å². The maximum Gasteiger partial charge on any atom is 0.412 e. The van der Waals surface area contributed by atoms with Gasteiger partial charge in [-0.05, 0) is 30.2 Å². The third kappa shape index (κ3) is 8.96. The van der Waals surface area contributed by atoms with E-state index in [0.29, 0.717) is 11.1 Å². The molecule has 0 aliphatic carbocycles. The van der Waals surface area contributed by atoms with Gasteiger partial charge in [-0.1, -0.05) is 48.4 Å². The minimum absolute atomic E-state index is 0. The summed E-state index contributed by atoms with van der Waals surface area (Å²) in [5, 5.41) is 14.7. The van der Waals surface area contributed by atoms with Crippen molar-refractivity contribution in [1.82, 2.24) is 10.1 Å². The van der Waals surface area contributed by atoms with Gasteiger partial charge in [0, 0.05) is 31.5 Å². The lowest BCUT2D eigenvalue weighted by Gasteiger charge is -2.30. The number of likely N-dealkylation sites (N-methyl/N-ethyl adjacent to an activating group) is 1. The molecule has 2 N–H and O–H groups in total. The Balaban J connectivity index is 0.00000533. The van der Waals surface area contributed by atoms with Crippen LogP contribution in [0.15, 0.2) is 53.1 Å². The summed E-state index contributed by atoms with van der Waals surface area (Å²) in [4.78, 5) is 25.9. The standard InChI is InChI=1S/C25H24ClF4N3O5.CH4/c1-33(22(35)9-8-15-4-3-7-19(28)23(15)26)18(12-25(29,30)14-34)13-37-24(36)31-21-11-20(38-32-21)16-5-2-6-17(27)10-16;/h2-7,10-11,18,34H,8-9,12-14H2,1H3,(H,31,32,36);1H4/t18-;/m0./s1. The molecule has 39 heavy (non-hydrogen) atoms. The molecule has 3 aromatic rings. The summed E-state index contributed by atoms with van der Waals surface area (Å²) in [5.74, 6) is -5.23. The van der Waals surface area contributed by atoms with Gasteiger partial charge in [-0.2, -0.15) is 0 Å². The van der Waals surface area contributed by atoms with E-state index < -0.39 is 55.2 Å². The lowest BCUT2D eigenvalue weighted by Crippen LogP contribution is -2.45. The van der Waals surface area contributed by atoms with E-state index in [-0.39, 0.29) is 36.9 Å². The van der Waals surface area contributed by atoms with Gasteiger partial charge < -0.3 is 19.3 Å². The SMILES string of the molecule is C.CN(C(=O)CCc1cccc(F)c1Cl)[C@H](COC(=O)Nc1cc(-c2cccc(F)c2)on1)CC(F)(F)CO. The van der Waals surface area contributed by atoms with Crippen LogP contribution in [-0.4, -0.2) is 59.4 Å². The van der Waals surface area contributed by atoms with E-state index in [2.05, 4.69) is 10.5 Å². The molecule has 0 unspecified atom stereocenters. The molecular formula is C26H28ClF4N3O5. The number of benzene rings is 2. The van der Waals surface area contributed by atoms with E-state index in [9.17, 15) is 27.2 Å². The number of alkyl halides is 2. The fourth-order valence-electron chi connectivity index (χ4n) is 3.50. The number of hydrogen-bond donors (Lipinski definition) is 2. The Kier molecular flexibility index (Phi) is 11.3. The van der Waals surface area contributed by atoms with Crippen molar-refractivity contribution in [3.05, 3.63) is 70.8 Å². The first-order chi connectivity index (χ1) is 18.0. The van der Waals surface area contributed by atoms with Gasteiger partial charge in [0.05, 0.1) is 11.1 Å². The fourth-order valence-corrected chi connectivity index (χ4v) is 3.72. The highest BCUT2D eigenvalue weighted by atomic mass is 35.5. The van der Waals surface area contributed by atoms with Gasteiger partial charge in [0.1, 0.15) is 24.8 Å². The number of halogens is 5. The van der Waals surface area contributed by atoms with Crippen LogP contribution in [0.5, 0.6) is 0 Å². The lowest BCUT2D eigenvalue weighted by atomic mass is 10.1. The van der Waals surface area contributed by atoms with E-state index >= 15 is 0 Å². The third-order valence-electron chi connectivity index (χ3n) is 5.60. The number of carbonyl (C=O) groups is 2. The zero-order valence-electron chi connectivity index (χ0n) is 20.1. The molecule has 13 heteroatoms. The molecule has 8 nitrogen and oxygen atoms in total. The molecule has 0 spiro atoms. The fraction of sp³-hybridized carbons (Fsp3) is 0.346. The zero-order valence-corrected chi connectivity index (χ0v) is 20.9. The Morgan fingerprint density at radius 3 is 2.62 bits per heavy atom. The summed E-state index contributed by atoms with van der Waals surface area (Å²) in [6, 6.07) is 9.59. The summed E-state index contributed by atoms with van der Waals surface area (Å²) in [7, 11) is 1.25. The first-order valence-electron chi connectivity index (χ1n) is 11.3. The Morgan fingerprint density at radius 2 is 1.92 bits per heavy atom. The number of nitrogens with zero attached hydrogens (tertiary/aromatic N) is 2. The Morgan fingerprint density at radius 1 is 1.21 bits per heavy atom. The van der Waals surface area contributed by atoms with Gasteiger partial charge in [-0.25, -0.2) is 22.4 Å². The number of amides is 2. The predicted octanol–water partition coefficient (Wildman–Crippen LogP) is 5.94. The van der Waals surface area contributed by atoms with Gasteiger partial charge in [0.25, 0.3) is 5.92 Å². The monoisotopic (exact) mass is 573 g/mol. The van der Waals surface area contributed by atoms with E-state index in [1.807, 2.05) is 0 Å². The van der Waals surface area contributed by atoms with Crippen LogP contribution >= 0.6 is 11.6 Å². The Bertz CT molecular complexity index is 1270. The Hall–Kier alpha value is -3.64. The quantitative estimate of drug-likeness (QED) is 0.275. The number of hydrogen-bond acceptors (Lipinski definition) is 6. The van der Waals surface area contributed by atoms with Gasteiger partial charge in [-0.15, -0.1) is 0 Å². The number of ether oxygens (including phenoxy) is 1. The van der Waals surface area contributed by atoms with Crippen molar-refractivity contribution in [2.24, 2.45) is 0 Å². The molecule has 0 fully saturated rings. The second-order valence-electron chi connectivity index (χ2n) is 8.40. The number of anilines is 1. The maximum absolute atomic E-state index is 14.0. The molecule has 2 amide bonds. The number of aryl methyl sites for hydroxylation is 1. The molecule has 0 aliphatic rings. The number of carbonyl (C=O) groups excluding carboxylic acids is 2. The first-order valence-corrected chi connectivity index (χ1v) is 11.7. The minimum atomic E-state index is -3.56. The largest absolute Gasteiger partial charge is 0.447 e. The van der Waals surface area contributed by atoms with Crippen LogP contribution in [0.4, 0.5) is 28.2 Å². The second kappa shape index (κ2) is 13.9. The average molecular weight is 574 g/mol. The number of aliphatic hydroxyl groups is 1. The second-order valence-corrected chi connectivity index (χ2v) is 8.78. The van der Waals surface area contributed by atoms with Crippen molar-refractivity contribution in [2.45, 2.75) is 38.7 Å². The zero-order chi connectivity index (χ0) is 27.9. The highest BCUT2D eigenvalue weighted by Gasteiger charge is 2.35. The summed E-state index contributed by atoms with van der Waals surface area (Å²) < 4.78 is 65.1. The number of nitrogens with one attached hydrogen (secondary N) is 1. The van der Waals surface area contributed by atoms with Crippen LogP contribution in [0.3, 0.4) is 0 Å². The van der Waals surface area contributed by atoms with Gasteiger partial charge in [-0.3, -0.25) is 10.1 Å². The van der Waals surface area contributed by atoms with Gasteiger partial charge >= 0.3 is 6.09 Å². The van der Waals surface area contributed by atoms with Gasteiger partial charge in [0.2, 0.25) is 5.91 Å². The molecule has 1 atom stereocenters. The van der Waals surface area contributed by atoms with Crippen molar-refractivity contribution < 1.29 is 41.5 Å². The highest BCUT2D eigenvalue weighted by Crippen LogP contribution is 2.25. The van der Waals surface area contributed by atoms with E-state index in [0.717, 1.165) is 11.0 Å². The van der Waals surface area contributed by atoms with Gasteiger partial charge in [0.15, 0.2) is 11.6 Å². The van der Waals surface area contributed by atoms with Crippen LogP contribution < -0.4 is 5.32 Å². The third-order valence-corrected chi connectivity index (χ3v) is 6.03. The highest BCUT2D eigenvalue weighted by molar-refractivity contribution is 6.31. The van der Waals surface area contributed by atoms with E-state index in [1.165, 1.54) is 43.4 Å². The molecular weight excluding hydrogens is 546 g/mol.